The average molecular weight is 695 g/mol. The number of hydrogen-bond acceptors (Lipinski definition) is 4. The molecule has 0 spiro atoms. The van der Waals surface area contributed by atoms with Gasteiger partial charge < -0.3 is 15.2 Å². The largest absolute Gasteiger partial charge is 0.310 e. The number of anilines is 6. The van der Waals surface area contributed by atoms with Gasteiger partial charge in [-0.25, -0.2) is 0 Å². The van der Waals surface area contributed by atoms with E-state index in [4.69, 9.17) is 5.41 Å². The van der Waals surface area contributed by atoms with Crippen LogP contribution in [0.25, 0.3) is 33.7 Å². The summed E-state index contributed by atoms with van der Waals surface area (Å²) in [6.07, 6.45) is 5.70. The first-order valence-electron chi connectivity index (χ1n) is 18.0. The number of fused-ring (bicyclic) bond motifs is 2. The first kappa shape index (κ1) is 33.9. The van der Waals surface area contributed by atoms with Gasteiger partial charge in [0.05, 0.1) is 11.6 Å². The molecule has 258 valence electrons. The van der Waals surface area contributed by atoms with Crippen molar-refractivity contribution in [2.75, 3.05) is 9.80 Å². The van der Waals surface area contributed by atoms with Crippen molar-refractivity contribution < 1.29 is 0 Å². The highest BCUT2D eigenvalue weighted by atomic mass is 15.1. The van der Waals surface area contributed by atoms with Crippen LogP contribution in [-0.2, 0) is 0 Å². The molecular weight excluding hydrogens is 657 g/mol. The van der Waals surface area contributed by atoms with Crippen LogP contribution in [0, 0.1) is 30.6 Å². The Bertz CT molecular complexity index is 2680. The number of nitrogens with zero attached hydrogens (tertiary/aromatic N) is 3. The highest BCUT2D eigenvalue weighted by Gasteiger charge is 2.15. The van der Waals surface area contributed by atoms with E-state index in [1.54, 1.807) is 0 Å². The number of hydrogen-bond donors (Lipinski definition) is 1. The van der Waals surface area contributed by atoms with Crippen LogP contribution < -0.4 is 9.80 Å². The van der Waals surface area contributed by atoms with E-state index in [1.807, 2.05) is 24.3 Å². The Morgan fingerprint density at radius 1 is 0.407 bits per heavy atom. The van der Waals surface area contributed by atoms with Crippen LogP contribution in [0.3, 0.4) is 0 Å². The van der Waals surface area contributed by atoms with Gasteiger partial charge in [0.2, 0.25) is 0 Å². The smallest absolute Gasteiger partial charge is 0.0991 e. The van der Waals surface area contributed by atoms with Crippen molar-refractivity contribution >= 4 is 74.0 Å². The second-order valence-corrected chi connectivity index (χ2v) is 13.7. The molecule has 0 aromatic heterocycles. The lowest BCUT2D eigenvalue weighted by Gasteiger charge is -2.26. The van der Waals surface area contributed by atoms with Crippen molar-refractivity contribution in [3.63, 3.8) is 0 Å². The Morgan fingerprint density at radius 2 is 0.759 bits per heavy atom. The standard InChI is InChI=1S/C50H38N4/c1-35-3-19-45(20-4-35)53(49-27-17-41-29-39(33-51)9-15-43(41)31-49)47-23-11-37(12-24-47)7-8-38-13-25-48(26-14-38)54(46-21-5-36(2)6-22-46)50-28-18-42-30-40(34-52)10-16-44(42)32-50/h3-33,51H,1-2H3/b8-7+,51-33?. The Balaban J connectivity index is 1.06. The van der Waals surface area contributed by atoms with Crippen LogP contribution in [0.5, 0.6) is 0 Å². The van der Waals surface area contributed by atoms with Gasteiger partial charge >= 0.3 is 0 Å². The van der Waals surface area contributed by atoms with E-state index >= 15 is 0 Å². The van der Waals surface area contributed by atoms with Crippen molar-refractivity contribution in [3.8, 4) is 6.07 Å². The fraction of sp³-hybridized carbons (Fsp3) is 0.0400. The van der Waals surface area contributed by atoms with Crippen molar-refractivity contribution in [3.05, 3.63) is 203 Å². The molecule has 8 aromatic carbocycles. The molecule has 0 amide bonds. The zero-order chi connectivity index (χ0) is 37.0. The molecule has 54 heavy (non-hydrogen) atoms. The molecule has 0 fully saturated rings. The Labute approximate surface area is 316 Å². The number of nitriles is 1. The number of benzene rings is 8. The monoisotopic (exact) mass is 694 g/mol. The minimum absolute atomic E-state index is 0.662. The summed E-state index contributed by atoms with van der Waals surface area (Å²) in [6, 6.07) is 61.6. The highest BCUT2D eigenvalue weighted by molar-refractivity contribution is 5.94. The first-order chi connectivity index (χ1) is 26.4. The summed E-state index contributed by atoms with van der Waals surface area (Å²) < 4.78 is 0. The predicted octanol–water partition coefficient (Wildman–Crippen LogP) is 13.6. The summed E-state index contributed by atoms with van der Waals surface area (Å²) >= 11 is 0. The molecule has 8 rings (SSSR count). The van der Waals surface area contributed by atoms with E-state index in [0.717, 1.165) is 72.4 Å². The second kappa shape index (κ2) is 14.8. The molecule has 0 unspecified atom stereocenters. The van der Waals surface area contributed by atoms with Gasteiger partial charge in [0.1, 0.15) is 0 Å². The molecule has 0 bridgehead atoms. The van der Waals surface area contributed by atoms with Crippen LogP contribution >= 0.6 is 0 Å². The van der Waals surface area contributed by atoms with Gasteiger partial charge in [-0.2, -0.15) is 5.26 Å². The fourth-order valence-corrected chi connectivity index (χ4v) is 6.87. The van der Waals surface area contributed by atoms with E-state index in [0.29, 0.717) is 5.56 Å². The fourth-order valence-electron chi connectivity index (χ4n) is 6.87. The van der Waals surface area contributed by atoms with Crippen molar-refractivity contribution in [1.82, 2.24) is 0 Å². The third-order valence-corrected chi connectivity index (χ3v) is 9.84. The number of rotatable bonds is 9. The van der Waals surface area contributed by atoms with E-state index in [2.05, 4.69) is 187 Å². The highest BCUT2D eigenvalue weighted by Crippen LogP contribution is 2.38. The summed E-state index contributed by atoms with van der Waals surface area (Å²) in [5.74, 6) is 0. The maximum Gasteiger partial charge on any atom is 0.0991 e. The summed E-state index contributed by atoms with van der Waals surface area (Å²) in [7, 11) is 0. The molecule has 0 atom stereocenters. The van der Waals surface area contributed by atoms with Crippen LogP contribution in [0.2, 0.25) is 0 Å². The molecule has 0 aliphatic rings. The van der Waals surface area contributed by atoms with Crippen LogP contribution in [-0.4, -0.2) is 6.21 Å². The van der Waals surface area contributed by atoms with Crippen molar-refractivity contribution in [2.45, 2.75) is 13.8 Å². The Morgan fingerprint density at radius 3 is 1.20 bits per heavy atom. The number of nitrogens with one attached hydrogen (secondary N) is 1. The summed E-state index contributed by atoms with van der Waals surface area (Å²) in [4.78, 5) is 4.56. The second-order valence-electron chi connectivity index (χ2n) is 13.7. The van der Waals surface area contributed by atoms with Crippen LogP contribution in [0.1, 0.15) is 33.4 Å². The Kier molecular flexibility index (Phi) is 9.29. The molecule has 0 saturated carbocycles. The molecule has 1 N–H and O–H groups in total. The first-order valence-corrected chi connectivity index (χ1v) is 18.0. The maximum absolute atomic E-state index is 9.37. The quantitative estimate of drug-likeness (QED) is 0.121. The predicted molar refractivity (Wildman–Crippen MR) is 228 cm³/mol. The van der Waals surface area contributed by atoms with Gasteiger partial charge in [-0.3, -0.25) is 0 Å². The molecule has 0 radical (unpaired) electrons. The maximum atomic E-state index is 9.37. The minimum Gasteiger partial charge on any atom is -0.310 e. The van der Waals surface area contributed by atoms with Gasteiger partial charge in [0, 0.05) is 40.3 Å². The van der Waals surface area contributed by atoms with Gasteiger partial charge in [0.15, 0.2) is 0 Å². The average Bonchev–Trinajstić information content (AvgIpc) is 3.22. The van der Waals surface area contributed by atoms with Gasteiger partial charge in [-0.1, -0.05) is 102 Å². The molecule has 4 heteroatoms. The summed E-state index contributed by atoms with van der Waals surface area (Å²) in [6.45, 7) is 4.21. The van der Waals surface area contributed by atoms with E-state index in [1.165, 1.54) is 17.3 Å². The lowest BCUT2D eigenvalue weighted by atomic mass is 10.0. The third kappa shape index (κ3) is 7.12. The molecule has 0 aliphatic carbocycles. The summed E-state index contributed by atoms with van der Waals surface area (Å²) in [5, 5.41) is 21.4. The van der Waals surface area contributed by atoms with E-state index in [-0.39, 0.29) is 0 Å². The Hall–Kier alpha value is -7.22. The lowest BCUT2D eigenvalue weighted by Crippen LogP contribution is -2.10. The van der Waals surface area contributed by atoms with Gasteiger partial charge in [0.25, 0.3) is 0 Å². The molecule has 8 aromatic rings. The molecule has 0 aliphatic heterocycles. The SMILES string of the molecule is Cc1ccc(N(c2ccc(/C=C/c3ccc(N(c4ccc(C)cc4)c4ccc5cc(C=N)ccc5c4)cc3)cc2)c2ccc3cc(C#N)ccc3c2)cc1. The van der Waals surface area contributed by atoms with Crippen molar-refractivity contribution in [1.29, 1.82) is 10.7 Å². The zero-order valence-electron chi connectivity index (χ0n) is 30.2. The van der Waals surface area contributed by atoms with Crippen LogP contribution in [0.4, 0.5) is 34.1 Å². The van der Waals surface area contributed by atoms with E-state index in [9.17, 15) is 5.26 Å². The minimum atomic E-state index is 0.662. The third-order valence-electron chi connectivity index (χ3n) is 9.84. The topological polar surface area (TPSA) is 54.1 Å². The summed E-state index contributed by atoms with van der Waals surface area (Å²) in [5.41, 5.74) is 12.7. The lowest BCUT2D eigenvalue weighted by molar-refractivity contribution is 1.28. The zero-order valence-corrected chi connectivity index (χ0v) is 30.2. The molecule has 4 nitrogen and oxygen atoms in total. The molecule has 0 saturated heterocycles. The van der Waals surface area contributed by atoms with Gasteiger partial charge in [-0.15, -0.1) is 0 Å². The molecular formula is C50H38N4. The van der Waals surface area contributed by atoms with Crippen molar-refractivity contribution in [2.24, 2.45) is 0 Å². The molecule has 0 heterocycles. The van der Waals surface area contributed by atoms with E-state index < -0.39 is 0 Å². The van der Waals surface area contributed by atoms with Gasteiger partial charge in [-0.05, 0) is 143 Å². The van der Waals surface area contributed by atoms with Crippen LogP contribution in [0.15, 0.2) is 170 Å². The normalized spacial score (nSPS) is 11.1. The number of aryl methyl sites for hydroxylation is 2.